The van der Waals surface area contributed by atoms with Crippen LogP contribution in [-0.2, 0) is 4.79 Å². The maximum atomic E-state index is 12.4. The van der Waals surface area contributed by atoms with Crippen LogP contribution >= 0.6 is 0 Å². The van der Waals surface area contributed by atoms with E-state index in [9.17, 15) is 9.59 Å². The van der Waals surface area contributed by atoms with E-state index in [1.165, 1.54) is 0 Å². The second-order valence-electron chi connectivity index (χ2n) is 5.63. The average Bonchev–Trinajstić information content (AvgIpc) is 2.66. The van der Waals surface area contributed by atoms with Gasteiger partial charge in [-0.15, -0.1) is 0 Å². The topological polar surface area (TPSA) is 87.7 Å². The van der Waals surface area contributed by atoms with E-state index in [1.54, 1.807) is 49.6 Å². The molecule has 2 aromatic rings. The Labute approximate surface area is 152 Å². The van der Waals surface area contributed by atoms with E-state index < -0.39 is 5.91 Å². The Balaban J connectivity index is 2.24. The molecule has 0 aliphatic rings. The summed E-state index contributed by atoms with van der Waals surface area (Å²) >= 11 is 0. The molecular weight excluding hydrogens is 332 g/mol. The van der Waals surface area contributed by atoms with E-state index in [2.05, 4.69) is 10.6 Å². The summed E-state index contributed by atoms with van der Waals surface area (Å²) in [5.41, 5.74) is 2.31. The monoisotopic (exact) mass is 354 g/mol. The Morgan fingerprint density at radius 1 is 1.08 bits per heavy atom. The van der Waals surface area contributed by atoms with Crippen molar-refractivity contribution in [2.24, 2.45) is 0 Å². The number of hydrogen-bond acceptors (Lipinski definition) is 4. The highest BCUT2D eigenvalue weighted by Gasteiger charge is 2.14. The van der Waals surface area contributed by atoms with Crippen LogP contribution in [0.2, 0.25) is 0 Å². The molecule has 0 saturated heterocycles. The maximum absolute atomic E-state index is 12.4. The molecule has 0 aliphatic carbocycles. The second-order valence-corrected chi connectivity index (χ2v) is 5.63. The summed E-state index contributed by atoms with van der Waals surface area (Å²) in [6.45, 7) is 1.84. The number of aliphatic hydroxyl groups excluding tert-OH is 1. The SMILES string of the molecule is COc1ccc(/C=C(\NC(=O)c2ccc(C)cc2)C(=O)NCCO)cc1. The first kappa shape index (κ1) is 19.2. The first-order valence-corrected chi connectivity index (χ1v) is 8.16. The molecule has 0 bridgehead atoms. The smallest absolute Gasteiger partial charge is 0.267 e. The fourth-order valence-electron chi connectivity index (χ4n) is 2.19. The molecular formula is C20H22N2O4. The number of ether oxygens (including phenoxy) is 1. The number of aliphatic hydroxyl groups is 1. The van der Waals surface area contributed by atoms with Crippen LogP contribution in [0.3, 0.4) is 0 Å². The number of rotatable bonds is 7. The molecule has 26 heavy (non-hydrogen) atoms. The van der Waals surface area contributed by atoms with Gasteiger partial charge >= 0.3 is 0 Å². The number of aryl methyl sites for hydroxylation is 1. The van der Waals surface area contributed by atoms with Crippen LogP contribution in [0.25, 0.3) is 6.08 Å². The minimum absolute atomic E-state index is 0.0918. The molecule has 0 saturated carbocycles. The van der Waals surface area contributed by atoms with E-state index in [4.69, 9.17) is 9.84 Å². The molecule has 2 aromatic carbocycles. The molecule has 6 nitrogen and oxygen atoms in total. The van der Waals surface area contributed by atoms with Crippen LogP contribution in [0, 0.1) is 6.92 Å². The molecule has 0 atom stereocenters. The largest absolute Gasteiger partial charge is 0.497 e. The summed E-state index contributed by atoms with van der Waals surface area (Å²) in [5, 5.41) is 14.1. The van der Waals surface area contributed by atoms with Gasteiger partial charge in [-0.1, -0.05) is 29.8 Å². The van der Waals surface area contributed by atoms with Gasteiger partial charge in [-0.25, -0.2) is 0 Å². The Bertz CT molecular complexity index is 780. The molecule has 2 amide bonds. The summed E-state index contributed by atoms with van der Waals surface area (Å²) < 4.78 is 5.11. The lowest BCUT2D eigenvalue weighted by atomic mass is 10.1. The van der Waals surface area contributed by atoms with Gasteiger partial charge in [0.2, 0.25) is 0 Å². The number of hydrogen-bond donors (Lipinski definition) is 3. The molecule has 0 spiro atoms. The summed E-state index contributed by atoms with van der Waals surface area (Å²) in [4.78, 5) is 24.8. The highest BCUT2D eigenvalue weighted by molar-refractivity contribution is 6.05. The van der Waals surface area contributed by atoms with E-state index >= 15 is 0 Å². The summed E-state index contributed by atoms with van der Waals surface area (Å²) in [6, 6.07) is 14.1. The molecule has 0 fully saturated rings. The highest BCUT2D eigenvalue weighted by atomic mass is 16.5. The minimum Gasteiger partial charge on any atom is -0.497 e. The number of benzene rings is 2. The van der Waals surface area contributed by atoms with Gasteiger partial charge in [0.05, 0.1) is 13.7 Å². The molecule has 3 N–H and O–H groups in total. The minimum atomic E-state index is -0.477. The average molecular weight is 354 g/mol. The number of carbonyl (C=O) groups excluding carboxylic acids is 2. The molecule has 0 aromatic heterocycles. The quantitative estimate of drug-likeness (QED) is 0.663. The fourth-order valence-corrected chi connectivity index (χ4v) is 2.19. The number of nitrogens with one attached hydrogen (secondary N) is 2. The van der Waals surface area contributed by atoms with Crippen LogP contribution in [0.5, 0.6) is 5.75 Å². The molecule has 0 heterocycles. The third-order valence-electron chi connectivity index (χ3n) is 3.63. The molecule has 2 rings (SSSR count). The summed E-state index contributed by atoms with van der Waals surface area (Å²) in [7, 11) is 1.57. The van der Waals surface area contributed by atoms with Crippen molar-refractivity contribution in [3.8, 4) is 5.75 Å². The van der Waals surface area contributed by atoms with Crippen molar-refractivity contribution in [2.45, 2.75) is 6.92 Å². The Morgan fingerprint density at radius 2 is 1.73 bits per heavy atom. The van der Waals surface area contributed by atoms with Gasteiger partial charge in [-0.3, -0.25) is 9.59 Å². The van der Waals surface area contributed by atoms with Gasteiger partial charge in [0.1, 0.15) is 11.4 Å². The van der Waals surface area contributed by atoms with Crippen LogP contribution < -0.4 is 15.4 Å². The standard InChI is InChI=1S/C20H22N2O4/c1-14-3-7-16(8-4-14)19(24)22-18(20(25)21-11-12-23)13-15-5-9-17(26-2)10-6-15/h3-10,13,23H,11-12H2,1-2H3,(H,21,25)(H,22,24)/b18-13-. The predicted octanol–water partition coefficient (Wildman–Crippen LogP) is 1.88. The first-order chi connectivity index (χ1) is 12.5. The Morgan fingerprint density at radius 3 is 2.31 bits per heavy atom. The van der Waals surface area contributed by atoms with Gasteiger partial charge in [-0.05, 0) is 42.8 Å². The zero-order valence-corrected chi connectivity index (χ0v) is 14.8. The first-order valence-electron chi connectivity index (χ1n) is 8.16. The van der Waals surface area contributed by atoms with E-state index in [1.807, 2.05) is 19.1 Å². The van der Waals surface area contributed by atoms with Crippen LogP contribution in [0.4, 0.5) is 0 Å². The van der Waals surface area contributed by atoms with Crippen LogP contribution in [0.1, 0.15) is 21.5 Å². The van der Waals surface area contributed by atoms with Gasteiger partial charge in [-0.2, -0.15) is 0 Å². The molecule has 0 unspecified atom stereocenters. The number of amides is 2. The normalized spacial score (nSPS) is 11.0. The summed E-state index contributed by atoms with van der Waals surface area (Å²) in [6.07, 6.45) is 1.57. The lowest BCUT2D eigenvalue weighted by Gasteiger charge is -2.11. The predicted molar refractivity (Wildman–Crippen MR) is 99.7 cm³/mol. The van der Waals surface area contributed by atoms with Gasteiger partial charge in [0.25, 0.3) is 11.8 Å². The molecule has 0 radical (unpaired) electrons. The van der Waals surface area contributed by atoms with Crippen molar-refractivity contribution in [1.29, 1.82) is 0 Å². The van der Waals surface area contributed by atoms with Gasteiger partial charge in [0, 0.05) is 12.1 Å². The van der Waals surface area contributed by atoms with E-state index in [-0.39, 0.29) is 24.8 Å². The molecule has 6 heteroatoms. The van der Waals surface area contributed by atoms with Crippen LogP contribution in [-0.4, -0.2) is 37.2 Å². The third kappa shape index (κ3) is 5.46. The van der Waals surface area contributed by atoms with Crippen molar-refractivity contribution < 1.29 is 19.4 Å². The Kier molecular flexibility index (Phi) is 6.93. The molecule has 136 valence electrons. The van der Waals surface area contributed by atoms with Crippen molar-refractivity contribution in [2.75, 3.05) is 20.3 Å². The maximum Gasteiger partial charge on any atom is 0.267 e. The van der Waals surface area contributed by atoms with Crippen molar-refractivity contribution in [3.05, 3.63) is 70.9 Å². The Hall–Kier alpha value is -3.12. The fraction of sp³-hybridized carbons (Fsp3) is 0.200. The highest BCUT2D eigenvalue weighted by Crippen LogP contribution is 2.14. The number of methoxy groups -OCH3 is 1. The van der Waals surface area contributed by atoms with Crippen molar-refractivity contribution in [3.63, 3.8) is 0 Å². The van der Waals surface area contributed by atoms with Gasteiger partial charge in [0.15, 0.2) is 0 Å². The van der Waals surface area contributed by atoms with Crippen LogP contribution in [0.15, 0.2) is 54.2 Å². The van der Waals surface area contributed by atoms with E-state index in [0.717, 1.165) is 11.1 Å². The third-order valence-corrected chi connectivity index (χ3v) is 3.63. The second kappa shape index (κ2) is 9.39. The number of carbonyl (C=O) groups is 2. The van der Waals surface area contributed by atoms with Gasteiger partial charge < -0.3 is 20.5 Å². The summed E-state index contributed by atoms with van der Waals surface area (Å²) in [5.74, 6) is -0.170. The zero-order chi connectivity index (χ0) is 18.9. The lowest BCUT2D eigenvalue weighted by molar-refractivity contribution is -0.117. The lowest BCUT2D eigenvalue weighted by Crippen LogP contribution is -2.36. The van der Waals surface area contributed by atoms with E-state index in [0.29, 0.717) is 11.3 Å². The van der Waals surface area contributed by atoms with Crippen molar-refractivity contribution >= 4 is 17.9 Å². The van der Waals surface area contributed by atoms with Crippen molar-refractivity contribution in [1.82, 2.24) is 10.6 Å². The zero-order valence-electron chi connectivity index (χ0n) is 14.8. The molecule has 0 aliphatic heterocycles.